The van der Waals surface area contributed by atoms with Crippen LogP contribution in [-0.4, -0.2) is 36.5 Å². The first-order valence-corrected chi connectivity index (χ1v) is 12.6. The number of nitrogens with one attached hydrogen (secondary N) is 2. The molecule has 0 bridgehead atoms. The molecule has 2 heterocycles. The van der Waals surface area contributed by atoms with Crippen LogP contribution in [0, 0.1) is 0 Å². The van der Waals surface area contributed by atoms with E-state index in [1.54, 1.807) is 25.3 Å². The highest BCUT2D eigenvalue weighted by atomic mass is 32.2. The first-order valence-electron chi connectivity index (χ1n) is 10.8. The Labute approximate surface area is 201 Å². The van der Waals surface area contributed by atoms with Gasteiger partial charge in [-0.25, -0.2) is 17.9 Å². The summed E-state index contributed by atoms with van der Waals surface area (Å²) in [6.45, 7) is 6.12. The molecule has 0 radical (unpaired) electrons. The fourth-order valence-electron chi connectivity index (χ4n) is 3.85. The van der Waals surface area contributed by atoms with Crippen molar-refractivity contribution in [2.75, 3.05) is 13.4 Å². The van der Waals surface area contributed by atoms with Crippen LogP contribution < -0.4 is 20.7 Å². The second-order valence-electron chi connectivity index (χ2n) is 9.24. The Bertz CT molecular complexity index is 1640. The molecule has 35 heavy (non-hydrogen) atoms. The lowest BCUT2D eigenvalue weighted by molar-refractivity contribution is 0.399. The topological polar surface area (TPSA) is 136 Å². The van der Waals surface area contributed by atoms with Gasteiger partial charge in [-0.05, 0) is 35.2 Å². The van der Waals surface area contributed by atoms with E-state index in [4.69, 9.17) is 9.26 Å². The van der Waals surface area contributed by atoms with Crippen molar-refractivity contribution in [3.05, 3.63) is 74.7 Å². The SMILES string of the molecule is COc1c(-c2ccc3c(CNS(C)(=O)=O)noc3c2)cc(-n2ccc(=O)[nH]c2=O)cc1C(C)(C)C. The smallest absolute Gasteiger partial charge is 0.332 e. The van der Waals surface area contributed by atoms with E-state index in [-0.39, 0.29) is 12.0 Å². The lowest BCUT2D eigenvalue weighted by Gasteiger charge is -2.25. The number of ether oxygens (including phenoxy) is 1. The summed E-state index contributed by atoms with van der Waals surface area (Å²) >= 11 is 0. The van der Waals surface area contributed by atoms with Gasteiger partial charge in [0.05, 0.1) is 25.6 Å². The zero-order valence-corrected chi connectivity index (χ0v) is 20.8. The Hall–Kier alpha value is -3.70. The van der Waals surface area contributed by atoms with Crippen molar-refractivity contribution >= 4 is 21.0 Å². The van der Waals surface area contributed by atoms with Gasteiger partial charge in [0.15, 0.2) is 5.58 Å². The van der Waals surface area contributed by atoms with Crippen LogP contribution in [0.15, 0.2) is 56.7 Å². The molecular weight excluding hydrogens is 472 g/mol. The highest BCUT2D eigenvalue weighted by molar-refractivity contribution is 7.88. The molecule has 0 amide bonds. The van der Waals surface area contributed by atoms with E-state index in [1.165, 1.54) is 16.8 Å². The van der Waals surface area contributed by atoms with E-state index in [9.17, 15) is 18.0 Å². The summed E-state index contributed by atoms with van der Waals surface area (Å²) in [5.74, 6) is 0.636. The van der Waals surface area contributed by atoms with Crippen molar-refractivity contribution < 1.29 is 17.7 Å². The zero-order chi connectivity index (χ0) is 25.5. The number of benzene rings is 2. The summed E-state index contributed by atoms with van der Waals surface area (Å²) in [6, 6.07) is 10.4. The molecule has 2 aromatic carbocycles. The van der Waals surface area contributed by atoms with Crippen LogP contribution in [0.5, 0.6) is 5.75 Å². The van der Waals surface area contributed by atoms with Gasteiger partial charge in [-0.15, -0.1) is 0 Å². The van der Waals surface area contributed by atoms with E-state index >= 15 is 0 Å². The quantitative estimate of drug-likeness (QED) is 0.417. The number of aromatic nitrogens is 3. The number of H-pyrrole nitrogens is 1. The van der Waals surface area contributed by atoms with Gasteiger partial charge in [-0.1, -0.05) is 32.0 Å². The first-order chi connectivity index (χ1) is 16.4. The van der Waals surface area contributed by atoms with Gasteiger partial charge in [0.2, 0.25) is 10.0 Å². The van der Waals surface area contributed by atoms with Crippen LogP contribution in [0.3, 0.4) is 0 Å². The van der Waals surface area contributed by atoms with Gasteiger partial charge in [-0.3, -0.25) is 14.3 Å². The molecule has 0 fully saturated rings. The first kappa shape index (κ1) is 24.4. The highest BCUT2D eigenvalue weighted by Gasteiger charge is 2.24. The van der Waals surface area contributed by atoms with Crippen LogP contribution in [0.25, 0.3) is 27.8 Å². The summed E-state index contributed by atoms with van der Waals surface area (Å²) in [5.41, 5.74) is 2.45. The third kappa shape index (κ3) is 5.05. The summed E-state index contributed by atoms with van der Waals surface area (Å²) in [4.78, 5) is 26.4. The summed E-state index contributed by atoms with van der Waals surface area (Å²) in [6.07, 6.45) is 2.51. The van der Waals surface area contributed by atoms with Crippen LogP contribution in [-0.2, 0) is 22.0 Å². The Balaban J connectivity index is 1.91. The Morgan fingerprint density at radius 3 is 2.51 bits per heavy atom. The maximum Gasteiger partial charge on any atom is 0.332 e. The Morgan fingerprint density at radius 2 is 1.89 bits per heavy atom. The van der Waals surface area contributed by atoms with E-state index < -0.39 is 21.3 Å². The third-order valence-corrected chi connectivity index (χ3v) is 6.22. The molecule has 0 aliphatic carbocycles. The molecule has 2 N–H and O–H groups in total. The molecule has 10 nitrogen and oxygen atoms in total. The summed E-state index contributed by atoms with van der Waals surface area (Å²) < 4.78 is 38.0. The van der Waals surface area contributed by atoms with Crippen molar-refractivity contribution in [2.45, 2.75) is 32.7 Å². The van der Waals surface area contributed by atoms with Gasteiger partial charge in [0.1, 0.15) is 11.4 Å². The maximum absolute atomic E-state index is 12.5. The fraction of sp³-hybridized carbons (Fsp3) is 0.292. The number of hydrogen-bond acceptors (Lipinski definition) is 7. The van der Waals surface area contributed by atoms with Gasteiger partial charge < -0.3 is 9.26 Å². The molecule has 2 aromatic heterocycles. The molecule has 4 rings (SSSR count). The Morgan fingerprint density at radius 1 is 1.14 bits per heavy atom. The van der Waals surface area contributed by atoms with Crippen molar-refractivity contribution in [1.82, 2.24) is 19.4 Å². The monoisotopic (exact) mass is 498 g/mol. The average Bonchev–Trinajstić information content (AvgIpc) is 3.18. The van der Waals surface area contributed by atoms with Gasteiger partial charge in [0, 0.05) is 28.8 Å². The second kappa shape index (κ2) is 8.82. The van der Waals surface area contributed by atoms with Crippen LogP contribution in [0.2, 0.25) is 0 Å². The number of sulfonamides is 1. The molecule has 0 aliphatic rings. The predicted octanol–water partition coefficient (Wildman–Crippen LogP) is 2.69. The van der Waals surface area contributed by atoms with Gasteiger partial charge in [-0.2, -0.15) is 0 Å². The number of rotatable bonds is 6. The van der Waals surface area contributed by atoms with Crippen LogP contribution >= 0.6 is 0 Å². The number of hydrogen-bond donors (Lipinski definition) is 2. The van der Waals surface area contributed by atoms with Crippen molar-refractivity contribution in [2.24, 2.45) is 0 Å². The molecule has 11 heteroatoms. The van der Waals surface area contributed by atoms with Crippen LogP contribution in [0.1, 0.15) is 32.0 Å². The van der Waals surface area contributed by atoms with Gasteiger partial charge in [0.25, 0.3) is 5.56 Å². The zero-order valence-electron chi connectivity index (χ0n) is 20.0. The largest absolute Gasteiger partial charge is 0.496 e. The van der Waals surface area contributed by atoms with Crippen molar-refractivity contribution in [3.8, 4) is 22.6 Å². The average molecular weight is 499 g/mol. The molecule has 4 aromatic rings. The van der Waals surface area contributed by atoms with E-state index in [1.807, 2.05) is 32.9 Å². The number of methoxy groups -OCH3 is 1. The molecule has 0 saturated heterocycles. The molecule has 0 aliphatic heterocycles. The number of aromatic amines is 1. The van der Waals surface area contributed by atoms with Crippen molar-refractivity contribution in [1.29, 1.82) is 0 Å². The molecule has 0 saturated carbocycles. The predicted molar refractivity (Wildman–Crippen MR) is 133 cm³/mol. The summed E-state index contributed by atoms with van der Waals surface area (Å²) in [7, 11) is -1.80. The highest BCUT2D eigenvalue weighted by Crippen LogP contribution is 2.41. The van der Waals surface area contributed by atoms with Crippen molar-refractivity contribution in [3.63, 3.8) is 0 Å². The minimum atomic E-state index is -3.38. The molecule has 184 valence electrons. The molecule has 0 unspecified atom stereocenters. The minimum Gasteiger partial charge on any atom is -0.496 e. The van der Waals surface area contributed by atoms with E-state index in [0.29, 0.717) is 33.7 Å². The molecular formula is C24H26N4O6S. The molecule has 0 spiro atoms. The standard InChI is InChI=1S/C24H26N4O6S/c1-24(2,3)18-12-15(28-9-8-21(29)26-23(28)30)11-17(22(18)33-4)14-6-7-16-19(13-25-35(5,31)32)27-34-20(16)10-14/h6-12,25H,13H2,1-5H3,(H,26,29,30). The fourth-order valence-corrected chi connectivity index (χ4v) is 4.25. The normalized spacial score (nSPS) is 12.3. The number of nitrogens with zero attached hydrogens (tertiary/aromatic N) is 2. The minimum absolute atomic E-state index is 0.00723. The maximum atomic E-state index is 12.5. The lowest BCUT2D eigenvalue weighted by Crippen LogP contribution is -2.27. The van der Waals surface area contributed by atoms with Gasteiger partial charge >= 0.3 is 5.69 Å². The molecule has 0 atom stereocenters. The summed E-state index contributed by atoms with van der Waals surface area (Å²) in [5, 5.41) is 4.68. The number of fused-ring (bicyclic) bond motifs is 1. The Kier molecular flexibility index (Phi) is 6.16. The van der Waals surface area contributed by atoms with E-state index in [2.05, 4.69) is 14.9 Å². The lowest BCUT2D eigenvalue weighted by atomic mass is 9.83. The van der Waals surface area contributed by atoms with Crippen LogP contribution in [0.4, 0.5) is 0 Å². The van der Waals surface area contributed by atoms with E-state index in [0.717, 1.165) is 17.4 Å². The third-order valence-electron chi connectivity index (χ3n) is 5.55. The second-order valence-corrected chi connectivity index (χ2v) is 11.1.